The highest BCUT2D eigenvalue weighted by atomic mass is 19.1. The van der Waals surface area contributed by atoms with Crippen LogP contribution in [0.15, 0.2) is 24.3 Å². The molecule has 7 nitrogen and oxygen atoms in total. The van der Waals surface area contributed by atoms with Gasteiger partial charge in [-0.1, -0.05) is 0 Å². The molecule has 3 rings (SSSR count). The third-order valence-electron chi connectivity index (χ3n) is 3.42. The highest BCUT2D eigenvalue weighted by molar-refractivity contribution is 5.98. The first-order chi connectivity index (χ1) is 11.1. The maximum atomic E-state index is 13.1. The second-order valence-corrected chi connectivity index (χ2v) is 5.03. The van der Waals surface area contributed by atoms with Crippen molar-refractivity contribution in [1.29, 1.82) is 0 Å². The van der Waals surface area contributed by atoms with E-state index < -0.39 is 0 Å². The molecule has 2 aromatic heterocycles. The van der Waals surface area contributed by atoms with Gasteiger partial charge in [0, 0.05) is 26.3 Å². The monoisotopic (exact) mass is 316 g/mol. The molecule has 0 radical (unpaired) electrons. The van der Waals surface area contributed by atoms with Crippen LogP contribution in [0.25, 0.3) is 22.3 Å². The molecule has 0 spiro atoms. The molecule has 0 fully saturated rings. The fourth-order valence-electron chi connectivity index (χ4n) is 2.33. The number of fused-ring (bicyclic) bond motifs is 1. The first-order valence-corrected chi connectivity index (χ1v) is 7.09. The Kier molecular flexibility index (Phi) is 4.07. The van der Waals surface area contributed by atoms with Crippen LogP contribution in [0.4, 0.5) is 16.2 Å². The predicted octanol–water partition coefficient (Wildman–Crippen LogP) is 1.81. The van der Waals surface area contributed by atoms with Crippen molar-refractivity contribution in [1.82, 2.24) is 19.7 Å². The predicted molar refractivity (Wildman–Crippen MR) is 86.5 cm³/mol. The molecule has 0 atom stereocenters. The lowest BCUT2D eigenvalue weighted by molar-refractivity contribution is 0.210. The van der Waals surface area contributed by atoms with Crippen molar-refractivity contribution < 1.29 is 9.13 Å². The lowest BCUT2D eigenvalue weighted by Crippen LogP contribution is -2.11. The van der Waals surface area contributed by atoms with Crippen LogP contribution >= 0.6 is 0 Å². The number of hydrogen-bond donors (Lipinski definition) is 2. The Balaban J connectivity index is 2.06. The molecule has 120 valence electrons. The summed E-state index contributed by atoms with van der Waals surface area (Å²) in [4.78, 5) is 8.70. The summed E-state index contributed by atoms with van der Waals surface area (Å²) in [5.74, 6) is 0.436. The largest absolute Gasteiger partial charge is 0.383 e. The molecule has 0 aliphatic rings. The Morgan fingerprint density at radius 2 is 2.00 bits per heavy atom. The third kappa shape index (κ3) is 2.93. The molecule has 0 aliphatic carbocycles. The van der Waals surface area contributed by atoms with Gasteiger partial charge in [0.25, 0.3) is 0 Å². The van der Waals surface area contributed by atoms with Gasteiger partial charge in [-0.05, 0) is 24.3 Å². The van der Waals surface area contributed by atoms with E-state index in [-0.39, 0.29) is 5.82 Å². The normalized spacial score (nSPS) is 11.1. The summed E-state index contributed by atoms with van der Waals surface area (Å²) >= 11 is 0. The average molecular weight is 316 g/mol. The number of rotatable bonds is 5. The fourth-order valence-corrected chi connectivity index (χ4v) is 2.33. The van der Waals surface area contributed by atoms with Crippen molar-refractivity contribution in [2.24, 2.45) is 7.05 Å². The quantitative estimate of drug-likeness (QED) is 0.698. The number of anilines is 2. The molecule has 0 amide bonds. The second kappa shape index (κ2) is 6.17. The van der Waals surface area contributed by atoms with Crippen LogP contribution in [0, 0.1) is 5.82 Å². The van der Waals surface area contributed by atoms with Gasteiger partial charge in [0.1, 0.15) is 17.3 Å². The fraction of sp³-hybridized carbons (Fsp3) is 0.267. The number of methoxy groups -OCH3 is 1. The number of nitrogen functional groups attached to an aromatic ring is 1. The number of hydrogen-bond acceptors (Lipinski definition) is 6. The standard InChI is InChI=1S/C15H17FN6O/c1-22-14-11(12(21-22)9-3-5-10(16)6-4-9)13(17)19-15(20-14)18-7-8-23-2/h3-6H,7-8H2,1-2H3,(H3,17,18,19,20). The zero-order valence-electron chi connectivity index (χ0n) is 12.9. The minimum absolute atomic E-state index is 0.303. The number of aromatic nitrogens is 4. The molecule has 0 aliphatic heterocycles. The van der Waals surface area contributed by atoms with Crippen molar-refractivity contribution in [3.8, 4) is 11.3 Å². The van der Waals surface area contributed by atoms with Crippen molar-refractivity contribution in [2.45, 2.75) is 0 Å². The lowest BCUT2D eigenvalue weighted by atomic mass is 10.1. The molecular weight excluding hydrogens is 299 g/mol. The molecular formula is C15H17FN6O. The van der Waals surface area contributed by atoms with E-state index in [2.05, 4.69) is 20.4 Å². The Labute approximate surface area is 132 Å². The van der Waals surface area contributed by atoms with Gasteiger partial charge in [-0.2, -0.15) is 15.1 Å². The number of aryl methyl sites for hydroxylation is 1. The minimum atomic E-state index is -0.303. The maximum Gasteiger partial charge on any atom is 0.226 e. The number of halogens is 1. The minimum Gasteiger partial charge on any atom is -0.383 e. The van der Waals surface area contributed by atoms with Gasteiger partial charge in [0.05, 0.1) is 12.0 Å². The van der Waals surface area contributed by atoms with E-state index in [1.165, 1.54) is 12.1 Å². The molecule has 3 N–H and O–H groups in total. The van der Waals surface area contributed by atoms with Crippen molar-refractivity contribution >= 4 is 22.8 Å². The van der Waals surface area contributed by atoms with E-state index in [9.17, 15) is 4.39 Å². The summed E-state index contributed by atoms with van der Waals surface area (Å²) in [6.07, 6.45) is 0. The van der Waals surface area contributed by atoms with E-state index in [0.717, 1.165) is 5.56 Å². The number of nitrogens with one attached hydrogen (secondary N) is 1. The van der Waals surface area contributed by atoms with Crippen LogP contribution in [-0.4, -0.2) is 40.0 Å². The van der Waals surface area contributed by atoms with Gasteiger partial charge < -0.3 is 15.8 Å². The van der Waals surface area contributed by atoms with E-state index in [1.807, 2.05) is 0 Å². The Morgan fingerprint density at radius 3 is 2.70 bits per heavy atom. The number of nitrogens with zero attached hydrogens (tertiary/aromatic N) is 4. The smallest absolute Gasteiger partial charge is 0.226 e. The molecule has 1 aromatic carbocycles. The topological polar surface area (TPSA) is 90.9 Å². The van der Waals surface area contributed by atoms with Crippen LogP contribution in [-0.2, 0) is 11.8 Å². The zero-order valence-corrected chi connectivity index (χ0v) is 12.9. The first-order valence-electron chi connectivity index (χ1n) is 7.09. The summed E-state index contributed by atoms with van der Waals surface area (Å²) in [5, 5.41) is 8.14. The number of ether oxygens (including phenoxy) is 1. The summed E-state index contributed by atoms with van der Waals surface area (Å²) < 4.78 is 19.7. The van der Waals surface area contributed by atoms with Crippen molar-refractivity contribution in [3.05, 3.63) is 30.1 Å². The van der Waals surface area contributed by atoms with E-state index in [1.54, 1.807) is 31.0 Å². The maximum absolute atomic E-state index is 13.1. The van der Waals surface area contributed by atoms with Gasteiger partial charge in [-0.15, -0.1) is 0 Å². The molecule has 2 heterocycles. The lowest BCUT2D eigenvalue weighted by Gasteiger charge is -2.06. The van der Waals surface area contributed by atoms with E-state index in [4.69, 9.17) is 10.5 Å². The van der Waals surface area contributed by atoms with Gasteiger partial charge in [0.15, 0.2) is 5.65 Å². The summed E-state index contributed by atoms with van der Waals surface area (Å²) in [6, 6.07) is 6.07. The van der Waals surface area contributed by atoms with Crippen molar-refractivity contribution in [2.75, 3.05) is 31.3 Å². The van der Waals surface area contributed by atoms with Crippen molar-refractivity contribution in [3.63, 3.8) is 0 Å². The SMILES string of the molecule is COCCNc1nc(N)c2c(-c3ccc(F)cc3)nn(C)c2n1. The molecule has 0 saturated carbocycles. The molecule has 8 heteroatoms. The van der Waals surface area contributed by atoms with Gasteiger partial charge in [-0.3, -0.25) is 0 Å². The molecule has 0 unspecified atom stereocenters. The van der Waals surface area contributed by atoms with E-state index in [0.29, 0.717) is 41.6 Å². The molecule has 3 aromatic rings. The highest BCUT2D eigenvalue weighted by Crippen LogP contribution is 2.30. The van der Waals surface area contributed by atoms with Crippen LogP contribution < -0.4 is 11.1 Å². The van der Waals surface area contributed by atoms with E-state index >= 15 is 0 Å². The summed E-state index contributed by atoms with van der Waals surface area (Å²) in [7, 11) is 3.40. The summed E-state index contributed by atoms with van der Waals surface area (Å²) in [5.41, 5.74) is 8.09. The van der Waals surface area contributed by atoms with Crippen LogP contribution in [0.5, 0.6) is 0 Å². The number of nitrogens with two attached hydrogens (primary N) is 1. The average Bonchev–Trinajstić information content (AvgIpc) is 2.86. The Hall–Kier alpha value is -2.74. The highest BCUT2D eigenvalue weighted by Gasteiger charge is 2.17. The van der Waals surface area contributed by atoms with Crippen LogP contribution in [0.1, 0.15) is 0 Å². The second-order valence-electron chi connectivity index (χ2n) is 5.03. The first kappa shape index (κ1) is 15.2. The zero-order chi connectivity index (χ0) is 16.4. The number of benzene rings is 1. The third-order valence-corrected chi connectivity index (χ3v) is 3.42. The van der Waals surface area contributed by atoms with Gasteiger partial charge in [-0.25, -0.2) is 9.07 Å². The van der Waals surface area contributed by atoms with Crippen LogP contribution in [0.3, 0.4) is 0 Å². The molecule has 0 bridgehead atoms. The van der Waals surface area contributed by atoms with Gasteiger partial charge in [0.2, 0.25) is 5.95 Å². The Bertz CT molecular complexity index is 830. The molecule has 0 saturated heterocycles. The van der Waals surface area contributed by atoms with Crippen LogP contribution in [0.2, 0.25) is 0 Å². The van der Waals surface area contributed by atoms with Gasteiger partial charge >= 0.3 is 0 Å². The summed E-state index contributed by atoms with van der Waals surface area (Å²) in [6.45, 7) is 1.11. The Morgan fingerprint density at radius 1 is 1.26 bits per heavy atom. The molecule has 23 heavy (non-hydrogen) atoms.